The van der Waals surface area contributed by atoms with Gasteiger partial charge in [-0.25, -0.2) is 4.98 Å². The molecule has 2 aromatic heterocycles. The van der Waals surface area contributed by atoms with Gasteiger partial charge in [-0.3, -0.25) is 4.68 Å². The molecule has 3 nitrogen and oxygen atoms in total. The summed E-state index contributed by atoms with van der Waals surface area (Å²) < 4.78 is 3.18. The molecule has 2 heterocycles. The molecule has 0 aliphatic heterocycles. The zero-order valence-electron chi connectivity index (χ0n) is 9.27. The molecule has 0 atom stereocenters. The van der Waals surface area contributed by atoms with Crippen LogP contribution in [0.2, 0.25) is 0 Å². The molecule has 0 bridgehead atoms. The summed E-state index contributed by atoms with van der Waals surface area (Å²) in [5.74, 6) is 0.516. The van der Waals surface area contributed by atoms with Crippen LogP contribution in [-0.2, 0) is 18.8 Å². The Morgan fingerprint density at radius 3 is 2.94 bits per heavy atom. The summed E-state index contributed by atoms with van der Waals surface area (Å²) in [5, 5.41) is 7.49. The van der Waals surface area contributed by atoms with Gasteiger partial charge in [0, 0.05) is 18.1 Å². The maximum Gasteiger partial charge on any atom is 0.0928 e. The molecule has 92 valence electrons. The molecule has 6 heteroatoms. The molecular weight excluding hydrogens is 369 g/mol. The molecule has 0 fully saturated rings. The smallest absolute Gasteiger partial charge is 0.0928 e. The van der Waals surface area contributed by atoms with Crippen LogP contribution in [0.5, 0.6) is 0 Å². The molecule has 0 aliphatic carbocycles. The molecule has 2 rings (SSSR count). The highest BCUT2D eigenvalue weighted by molar-refractivity contribution is 14.1. The molecule has 0 radical (unpaired) electrons. The molecule has 0 aliphatic rings. The predicted octanol–water partition coefficient (Wildman–Crippen LogP) is 3.71. The molecule has 2 aromatic rings. The van der Waals surface area contributed by atoms with E-state index in [1.807, 2.05) is 16.3 Å². The lowest BCUT2D eigenvalue weighted by Crippen LogP contribution is -1.98. The molecular formula is C11H13ClIN3S. The third kappa shape index (κ3) is 4.22. The van der Waals surface area contributed by atoms with Crippen LogP contribution in [0.4, 0.5) is 0 Å². The number of aryl methyl sites for hydroxylation is 2. The fourth-order valence-corrected chi connectivity index (χ4v) is 3.05. The van der Waals surface area contributed by atoms with Gasteiger partial charge in [0.1, 0.15) is 0 Å². The number of thiazole rings is 1. The van der Waals surface area contributed by atoms with Crippen molar-refractivity contribution in [1.82, 2.24) is 14.8 Å². The van der Waals surface area contributed by atoms with E-state index in [0.717, 1.165) is 31.5 Å². The van der Waals surface area contributed by atoms with Crippen LogP contribution in [0.3, 0.4) is 0 Å². The first kappa shape index (κ1) is 13.3. The molecule has 0 N–H and O–H groups in total. The molecule has 0 saturated carbocycles. The summed E-state index contributed by atoms with van der Waals surface area (Å²) in [4.78, 5) is 4.44. The number of hydrogen-bond acceptors (Lipinski definition) is 3. The Morgan fingerprint density at radius 1 is 1.41 bits per heavy atom. The lowest BCUT2D eigenvalue weighted by atomic mass is 10.2. The van der Waals surface area contributed by atoms with Crippen molar-refractivity contribution in [1.29, 1.82) is 0 Å². The quantitative estimate of drug-likeness (QED) is 0.434. The van der Waals surface area contributed by atoms with Gasteiger partial charge in [-0.15, -0.1) is 22.9 Å². The maximum atomic E-state index is 5.72. The lowest BCUT2D eigenvalue weighted by molar-refractivity contribution is 0.557. The van der Waals surface area contributed by atoms with Gasteiger partial charge < -0.3 is 0 Å². The number of rotatable bonds is 6. The third-order valence-electron chi connectivity index (χ3n) is 2.37. The van der Waals surface area contributed by atoms with Gasteiger partial charge >= 0.3 is 0 Å². The van der Waals surface area contributed by atoms with Crippen molar-refractivity contribution in [2.24, 2.45) is 0 Å². The molecule has 17 heavy (non-hydrogen) atoms. The molecule has 0 spiro atoms. The first-order chi connectivity index (χ1) is 8.28. The monoisotopic (exact) mass is 381 g/mol. The molecule has 0 aromatic carbocycles. The van der Waals surface area contributed by atoms with Crippen molar-refractivity contribution >= 4 is 45.5 Å². The fraction of sp³-hybridized carbons (Fsp3) is 0.455. The second-order valence-electron chi connectivity index (χ2n) is 3.74. The van der Waals surface area contributed by atoms with E-state index in [9.17, 15) is 0 Å². The van der Waals surface area contributed by atoms with Crippen LogP contribution in [0.1, 0.15) is 23.5 Å². The van der Waals surface area contributed by atoms with Crippen LogP contribution >= 0.6 is 45.5 Å². The van der Waals surface area contributed by atoms with Crippen LogP contribution in [0, 0.1) is 3.57 Å². The van der Waals surface area contributed by atoms with Gasteiger partial charge in [0.2, 0.25) is 0 Å². The Kier molecular flexibility index (Phi) is 5.24. The summed E-state index contributed by atoms with van der Waals surface area (Å²) in [7, 11) is 0. The second kappa shape index (κ2) is 6.70. The summed E-state index contributed by atoms with van der Waals surface area (Å²) in [6.45, 7) is 0.983. The average Bonchev–Trinajstić information content (AvgIpc) is 2.93. The Labute approximate surface area is 123 Å². The second-order valence-corrected chi connectivity index (χ2v) is 6.20. The molecule has 0 saturated heterocycles. The van der Waals surface area contributed by atoms with Gasteiger partial charge in [-0.2, -0.15) is 5.10 Å². The van der Waals surface area contributed by atoms with E-state index in [0.29, 0.717) is 5.88 Å². The third-order valence-corrected chi connectivity index (χ3v) is 4.15. The predicted molar refractivity (Wildman–Crippen MR) is 79.6 cm³/mol. The normalized spacial score (nSPS) is 10.9. The van der Waals surface area contributed by atoms with Crippen LogP contribution in [0.25, 0.3) is 0 Å². The SMILES string of the molecule is ClCc1csc(CCCCn2cc(I)cn2)n1. The van der Waals surface area contributed by atoms with Crippen molar-refractivity contribution in [3.8, 4) is 0 Å². The fourth-order valence-electron chi connectivity index (χ4n) is 1.54. The summed E-state index contributed by atoms with van der Waals surface area (Å²) in [6.07, 6.45) is 7.27. The highest BCUT2D eigenvalue weighted by Gasteiger charge is 2.01. The lowest BCUT2D eigenvalue weighted by Gasteiger charge is -2.00. The topological polar surface area (TPSA) is 30.7 Å². The highest BCUT2D eigenvalue weighted by atomic mass is 127. The van der Waals surface area contributed by atoms with E-state index in [-0.39, 0.29) is 0 Å². The molecule has 0 unspecified atom stereocenters. The van der Waals surface area contributed by atoms with E-state index in [1.165, 1.54) is 8.58 Å². The summed E-state index contributed by atoms with van der Waals surface area (Å²) in [6, 6.07) is 0. The minimum Gasteiger partial charge on any atom is -0.272 e. The van der Waals surface area contributed by atoms with Gasteiger partial charge in [-0.1, -0.05) is 0 Å². The van der Waals surface area contributed by atoms with E-state index in [1.54, 1.807) is 11.3 Å². The van der Waals surface area contributed by atoms with Crippen LogP contribution in [-0.4, -0.2) is 14.8 Å². The Bertz CT molecular complexity index is 469. The van der Waals surface area contributed by atoms with Crippen molar-refractivity contribution in [3.05, 3.63) is 32.0 Å². The largest absolute Gasteiger partial charge is 0.272 e. The van der Waals surface area contributed by atoms with Gasteiger partial charge in [0.25, 0.3) is 0 Å². The molecule has 0 amide bonds. The average molecular weight is 382 g/mol. The summed E-state index contributed by atoms with van der Waals surface area (Å²) in [5.41, 5.74) is 0.994. The number of alkyl halides is 1. The number of aromatic nitrogens is 3. The van der Waals surface area contributed by atoms with Gasteiger partial charge in [-0.05, 0) is 41.9 Å². The first-order valence-electron chi connectivity index (χ1n) is 5.45. The zero-order chi connectivity index (χ0) is 12.1. The van der Waals surface area contributed by atoms with Gasteiger partial charge in [0.15, 0.2) is 0 Å². The van der Waals surface area contributed by atoms with Crippen molar-refractivity contribution in [3.63, 3.8) is 0 Å². The van der Waals surface area contributed by atoms with E-state index < -0.39 is 0 Å². The van der Waals surface area contributed by atoms with E-state index >= 15 is 0 Å². The van der Waals surface area contributed by atoms with Crippen molar-refractivity contribution < 1.29 is 0 Å². The van der Waals surface area contributed by atoms with E-state index in [2.05, 4.69) is 38.9 Å². The number of nitrogens with zero attached hydrogens (tertiary/aromatic N) is 3. The number of halogens is 2. The van der Waals surface area contributed by atoms with Gasteiger partial charge in [0.05, 0.1) is 26.3 Å². The van der Waals surface area contributed by atoms with Crippen LogP contribution < -0.4 is 0 Å². The maximum absolute atomic E-state index is 5.72. The van der Waals surface area contributed by atoms with Crippen molar-refractivity contribution in [2.45, 2.75) is 31.7 Å². The Morgan fingerprint density at radius 2 is 2.29 bits per heavy atom. The minimum atomic E-state index is 0.516. The van der Waals surface area contributed by atoms with E-state index in [4.69, 9.17) is 11.6 Å². The van der Waals surface area contributed by atoms with Crippen molar-refractivity contribution in [2.75, 3.05) is 0 Å². The number of unbranched alkanes of at least 4 members (excludes halogenated alkanes) is 1. The zero-order valence-corrected chi connectivity index (χ0v) is 13.0. The first-order valence-corrected chi connectivity index (χ1v) is 7.94. The number of hydrogen-bond donors (Lipinski definition) is 0. The standard InChI is InChI=1S/C11H13ClIN3S/c12-5-10-8-17-11(15-10)3-1-2-4-16-7-9(13)6-14-16/h6-8H,1-5H2. The highest BCUT2D eigenvalue weighted by Crippen LogP contribution is 2.14. The Hall–Kier alpha value is -0.140. The summed E-state index contributed by atoms with van der Waals surface area (Å²) >= 11 is 9.69. The van der Waals surface area contributed by atoms with Crippen LogP contribution in [0.15, 0.2) is 17.8 Å². The Balaban J connectivity index is 1.69. The minimum absolute atomic E-state index is 0.516.